The number of ether oxygens (including phenoxy) is 1. The predicted octanol–water partition coefficient (Wildman–Crippen LogP) is 5.02. The number of aryl methyl sites for hydroxylation is 1. The lowest BCUT2D eigenvalue weighted by Crippen LogP contribution is -1.98. The lowest BCUT2D eigenvalue weighted by atomic mass is 10.1. The van der Waals surface area contributed by atoms with Crippen LogP contribution in [-0.2, 0) is 17.2 Å². The Morgan fingerprint density at radius 3 is 2.81 bits per heavy atom. The lowest BCUT2D eigenvalue weighted by molar-refractivity contribution is -0.133. The summed E-state index contributed by atoms with van der Waals surface area (Å²) in [5.74, 6) is 0.727. The topological polar surface area (TPSA) is 59.4 Å². The maximum atomic E-state index is 10.6. The average Bonchev–Trinajstić information content (AvgIpc) is 3.10. The van der Waals surface area contributed by atoms with Crippen molar-refractivity contribution >= 4 is 29.1 Å². The highest BCUT2D eigenvalue weighted by atomic mass is 32.2. The standard InChI is InChI=1S/C20H19NO3S2/c1-14-5-7-16(8-6-14)18-12-26-19(21-18)10-24-17-4-2-3-15(9-17)11-25-13-20(22)23/h2-9,12H,10-11,13H2,1H3,(H,22,23). The monoisotopic (exact) mass is 385 g/mol. The van der Waals surface area contributed by atoms with Crippen molar-refractivity contribution in [2.45, 2.75) is 19.3 Å². The molecular formula is C20H19NO3S2. The van der Waals surface area contributed by atoms with Crippen LogP contribution in [0.3, 0.4) is 0 Å². The number of benzene rings is 2. The van der Waals surface area contributed by atoms with Gasteiger partial charge in [0.2, 0.25) is 0 Å². The van der Waals surface area contributed by atoms with E-state index in [2.05, 4.69) is 36.2 Å². The lowest BCUT2D eigenvalue weighted by Gasteiger charge is -2.06. The summed E-state index contributed by atoms with van der Waals surface area (Å²) in [4.78, 5) is 15.2. The first-order chi connectivity index (χ1) is 12.6. The number of aliphatic carboxylic acids is 1. The molecule has 1 N–H and O–H groups in total. The molecule has 3 rings (SSSR count). The van der Waals surface area contributed by atoms with Gasteiger partial charge in [-0.25, -0.2) is 4.98 Å². The number of nitrogens with zero attached hydrogens (tertiary/aromatic N) is 1. The normalized spacial score (nSPS) is 10.7. The minimum absolute atomic E-state index is 0.103. The van der Waals surface area contributed by atoms with E-state index in [0.717, 1.165) is 27.6 Å². The number of carbonyl (C=O) groups is 1. The highest BCUT2D eigenvalue weighted by molar-refractivity contribution is 7.99. The van der Waals surface area contributed by atoms with E-state index in [1.165, 1.54) is 17.3 Å². The number of carboxylic acids is 1. The maximum absolute atomic E-state index is 10.6. The van der Waals surface area contributed by atoms with Gasteiger partial charge in [0.05, 0.1) is 11.4 Å². The fourth-order valence-corrected chi connectivity index (χ4v) is 3.77. The Labute approximate surface area is 160 Å². The van der Waals surface area contributed by atoms with Gasteiger partial charge in [0.25, 0.3) is 0 Å². The molecule has 2 aromatic carbocycles. The van der Waals surface area contributed by atoms with Crippen molar-refractivity contribution < 1.29 is 14.6 Å². The zero-order valence-corrected chi connectivity index (χ0v) is 16.0. The number of thioether (sulfide) groups is 1. The molecule has 0 saturated carbocycles. The Bertz CT molecular complexity index is 875. The Morgan fingerprint density at radius 1 is 1.23 bits per heavy atom. The molecule has 0 fully saturated rings. The molecule has 26 heavy (non-hydrogen) atoms. The number of hydrogen-bond acceptors (Lipinski definition) is 5. The van der Waals surface area contributed by atoms with Crippen LogP contribution < -0.4 is 4.74 Å². The fourth-order valence-electron chi connectivity index (χ4n) is 2.36. The number of thiazole rings is 1. The molecule has 6 heteroatoms. The number of aromatic nitrogens is 1. The molecule has 4 nitrogen and oxygen atoms in total. The van der Waals surface area contributed by atoms with Crippen LogP contribution in [0.25, 0.3) is 11.3 Å². The minimum atomic E-state index is -0.796. The van der Waals surface area contributed by atoms with Crippen LogP contribution in [-0.4, -0.2) is 21.8 Å². The van der Waals surface area contributed by atoms with Crippen LogP contribution in [0.5, 0.6) is 5.75 Å². The van der Waals surface area contributed by atoms with Crippen LogP contribution in [0, 0.1) is 6.92 Å². The van der Waals surface area contributed by atoms with Gasteiger partial charge in [0.1, 0.15) is 17.4 Å². The molecule has 0 atom stereocenters. The fraction of sp³-hybridized carbons (Fsp3) is 0.200. The second-order valence-electron chi connectivity index (χ2n) is 5.82. The van der Waals surface area contributed by atoms with Crippen molar-refractivity contribution in [3.63, 3.8) is 0 Å². The van der Waals surface area contributed by atoms with E-state index in [1.807, 2.05) is 29.6 Å². The molecule has 0 bridgehead atoms. The Morgan fingerprint density at radius 2 is 2.04 bits per heavy atom. The zero-order valence-electron chi connectivity index (χ0n) is 14.3. The van der Waals surface area contributed by atoms with E-state index < -0.39 is 5.97 Å². The van der Waals surface area contributed by atoms with Gasteiger partial charge in [-0.2, -0.15) is 0 Å². The maximum Gasteiger partial charge on any atom is 0.313 e. The number of hydrogen-bond donors (Lipinski definition) is 1. The second kappa shape index (κ2) is 8.87. The van der Waals surface area contributed by atoms with E-state index >= 15 is 0 Å². The van der Waals surface area contributed by atoms with Crippen LogP contribution in [0.15, 0.2) is 53.9 Å². The number of carboxylic acid groups (broad SMARTS) is 1. The third-order valence-electron chi connectivity index (χ3n) is 3.65. The molecule has 0 amide bonds. The van der Waals surface area contributed by atoms with Crippen molar-refractivity contribution in [2.75, 3.05) is 5.75 Å². The summed E-state index contributed by atoms with van der Waals surface area (Å²) in [6, 6.07) is 16.1. The molecule has 3 aromatic rings. The van der Waals surface area contributed by atoms with Gasteiger partial charge in [-0.05, 0) is 24.6 Å². The van der Waals surface area contributed by atoms with Crippen molar-refractivity contribution in [1.29, 1.82) is 0 Å². The molecule has 0 saturated heterocycles. The molecule has 0 unspecified atom stereocenters. The first kappa shape index (κ1) is 18.5. The molecule has 0 radical (unpaired) electrons. The summed E-state index contributed by atoms with van der Waals surface area (Å²) in [6.07, 6.45) is 0. The predicted molar refractivity (Wildman–Crippen MR) is 107 cm³/mol. The summed E-state index contributed by atoms with van der Waals surface area (Å²) >= 11 is 2.96. The summed E-state index contributed by atoms with van der Waals surface area (Å²) in [6.45, 7) is 2.49. The van der Waals surface area contributed by atoms with E-state index in [9.17, 15) is 4.79 Å². The van der Waals surface area contributed by atoms with Gasteiger partial charge in [-0.3, -0.25) is 4.79 Å². The Kier molecular flexibility index (Phi) is 6.30. The van der Waals surface area contributed by atoms with Gasteiger partial charge >= 0.3 is 5.97 Å². The van der Waals surface area contributed by atoms with E-state index in [4.69, 9.17) is 9.84 Å². The van der Waals surface area contributed by atoms with Crippen LogP contribution in [0.4, 0.5) is 0 Å². The first-order valence-corrected chi connectivity index (χ1v) is 10.2. The number of rotatable bonds is 8. The smallest absolute Gasteiger partial charge is 0.313 e. The highest BCUT2D eigenvalue weighted by Crippen LogP contribution is 2.24. The van der Waals surface area contributed by atoms with E-state index in [0.29, 0.717) is 12.4 Å². The quantitative estimate of drug-likeness (QED) is 0.590. The van der Waals surface area contributed by atoms with E-state index in [-0.39, 0.29) is 5.75 Å². The van der Waals surface area contributed by atoms with Crippen molar-refractivity contribution in [2.24, 2.45) is 0 Å². The second-order valence-corrected chi connectivity index (χ2v) is 7.74. The molecule has 0 aliphatic heterocycles. The minimum Gasteiger partial charge on any atom is -0.486 e. The molecular weight excluding hydrogens is 366 g/mol. The third-order valence-corrected chi connectivity index (χ3v) is 5.46. The van der Waals surface area contributed by atoms with Crippen molar-refractivity contribution in [1.82, 2.24) is 4.98 Å². The summed E-state index contributed by atoms with van der Waals surface area (Å²) in [7, 11) is 0. The molecule has 0 aliphatic rings. The summed E-state index contributed by atoms with van der Waals surface area (Å²) in [5, 5.41) is 11.7. The summed E-state index contributed by atoms with van der Waals surface area (Å²) < 4.78 is 5.85. The van der Waals surface area contributed by atoms with E-state index in [1.54, 1.807) is 11.3 Å². The summed E-state index contributed by atoms with van der Waals surface area (Å²) in [5.41, 5.74) is 4.35. The SMILES string of the molecule is Cc1ccc(-c2csc(COc3cccc(CSCC(=O)O)c3)n2)cc1. The molecule has 134 valence electrons. The van der Waals surface area contributed by atoms with Gasteiger partial charge < -0.3 is 9.84 Å². The molecule has 1 aromatic heterocycles. The van der Waals surface area contributed by atoms with Crippen LogP contribution >= 0.6 is 23.1 Å². The van der Waals surface area contributed by atoms with Gasteiger partial charge in [-0.15, -0.1) is 23.1 Å². The van der Waals surface area contributed by atoms with Gasteiger partial charge in [-0.1, -0.05) is 42.0 Å². The Hall–Kier alpha value is -2.31. The zero-order chi connectivity index (χ0) is 18.4. The van der Waals surface area contributed by atoms with Gasteiger partial charge in [0.15, 0.2) is 0 Å². The van der Waals surface area contributed by atoms with Crippen LogP contribution in [0.2, 0.25) is 0 Å². The first-order valence-electron chi connectivity index (χ1n) is 8.13. The van der Waals surface area contributed by atoms with Gasteiger partial charge in [0, 0.05) is 16.7 Å². The molecule has 0 spiro atoms. The largest absolute Gasteiger partial charge is 0.486 e. The average molecular weight is 386 g/mol. The molecule has 0 aliphatic carbocycles. The third kappa shape index (κ3) is 5.34. The van der Waals surface area contributed by atoms with Crippen molar-refractivity contribution in [3.05, 3.63) is 70.0 Å². The Balaban J connectivity index is 1.57. The molecule has 1 heterocycles. The van der Waals surface area contributed by atoms with Crippen molar-refractivity contribution in [3.8, 4) is 17.0 Å². The van der Waals surface area contributed by atoms with Crippen LogP contribution in [0.1, 0.15) is 16.1 Å². The highest BCUT2D eigenvalue weighted by Gasteiger charge is 2.06.